The minimum atomic E-state index is 0.0789. The third kappa shape index (κ3) is 2.60. The maximum Gasteiger partial charge on any atom is 0.251 e. The maximum absolute atomic E-state index is 12.3. The van der Waals surface area contributed by atoms with E-state index in [1.807, 2.05) is 12.1 Å². The first kappa shape index (κ1) is 12.5. The minimum Gasteiger partial charge on any atom is -0.384 e. The smallest absolute Gasteiger partial charge is 0.251 e. The molecule has 2 aliphatic rings. The Kier molecular flexibility index (Phi) is 3.45. The lowest BCUT2D eigenvalue weighted by atomic mass is 9.86. The first-order valence-electron chi connectivity index (χ1n) is 7.42. The Morgan fingerprint density at radius 3 is 3.00 bits per heavy atom. The summed E-state index contributed by atoms with van der Waals surface area (Å²) in [5, 5.41) is 6.54. The van der Waals surface area contributed by atoms with E-state index in [2.05, 4.69) is 23.6 Å². The number of anilines is 1. The summed E-state index contributed by atoms with van der Waals surface area (Å²) in [6.07, 6.45) is 5.96. The van der Waals surface area contributed by atoms with Gasteiger partial charge in [0, 0.05) is 23.8 Å². The van der Waals surface area contributed by atoms with E-state index >= 15 is 0 Å². The molecule has 1 amide bonds. The predicted molar refractivity (Wildman–Crippen MR) is 77.5 cm³/mol. The van der Waals surface area contributed by atoms with E-state index in [1.54, 1.807) is 0 Å². The van der Waals surface area contributed by atoms with Crippen LogP contribution in [0.3, 0.4) is 0 Å². The molecule has 0 radical (unpaired) electrons. The van der Waals surface area contributed by atoms with Crippen LogP contribution < -0.4 is 10.6 Å². The summed E-state index contributed by atoms with van der Waals surface area (Å²) >= 11 is 0. The number of hydrogen-bond acceptors (Lipinski definition) is 2. The molecular weight excluding hydrogens is 236 g/mol. The number of nitrogens with one attached hydrogen (secondary N) is 2. The molecule has 2 atom stereocenters. The Bertz CT molecular complexity index is 484. The minimum absolute atomic E-state index is 0.0789. The highest BCUT2D eigenvalue weighted by Gasteiger charge is 2.23. The van der Waals surface area contributed by atoms with Crippen molar-refractivity contribution in [2.45, 2.75) is 45.1 Å². The van der Waals surface area contributed by atoms with Crippen molar-refractivity contribution in [3.8, 4) is 0 Å². The van der Waals surface area contributed by atoms with Gasteiger partial charge in [-0.3, -0.25) is 4.79 Å². The Balaban J connectivity index is 1.70. The van der Waals surface area contributed by atoms with Gasteiger partial charge >= 0.3 is 0 Å². The highest BCUT2D eigenvalue weighted by atomic mass is 16.1. The third-order valence-electron chi connectivity index (χ3n) is 4.51. The van der Waals surface area contributed by atoms with Crippen LogP contribution in [0.25, 0.3) is 0 Å². The third-order valence-corrected chi connectivity index (χ3v) is 4.51. The molecule has 2 unspecified atom stereocenters. The molecule has 2 N–H and O–H groups in total. The van der Waals surface area contributed by atoms with Gasteiger partial charge in [0.2, 0.25) is 0 Å². The lowest BCUT2D eigenvalue weighted by Crippen LogP contribution is -2.41. The zero-order chi connectivity index (χ0) is 13.2. The predicted octanol–water partition coefficient (Wildman–Crippen LogP) is 2.96. The van der Waals surface area contributed by atoms with Gasteiger partial charge in [0.15, 0.2) is 0 Å². The summed E-state index contributed by atoms with van der Waals surface area (Å²) in [7, 11) is 0. The molecule has 19 heavy (non-hydrogen) atoms. The van der Waals surface area contributed by atoms with Crippen molar-refractivity contribution in [2.24, 2.45) is 5.92 Å². The van der Waals surface area contributed by atoms with E-state index < -0.39 is 0 Å². The average Bonchev–Trinajstić information content (AvgIpc) is 2.88. The van der Waals surface area contributed by atoms with Crippen molar-refractivity contribution in [1.29, 1.82) is 0 Å². The summed E-state index contributed by atoms with van der Waals surface area (Å²) in [6.45, 7) is 3.23. The number of benzene rings is 1. The molecule has 1 aliphatic heterocycles. The molecule has 1 saturated carbocycles. The summed E-state index contributed by atoms with van der Waals surface area (Å²) in [6, 6.07) is 6.37. The van der Waals surface area contributed by atoms with Crippen molar-refractivity contribution >= 4 is 11.6 Å². The van der Waals surface area contributed by atoms with Gasteiger partial charge in [0.25, 0.3) is 5.91 Å². The van der Waals surface area contributed by atoms with Crippen LogP contribution in [0.4, 0.5) is 5.69 Å². The number of hydrogen-bond donors (Lipinski definition) is 2. The van der Waals surface area contributed by atoms with E-state index in [0.717, 1.165) is 30.6 Å². The number of fused-ring (bicyclic) bond motifs is 1. The molecule has 0 aromatic heterocycles. The molecule has 3 heteroatoms. The van der Waals surface area contributed by atoms with Crippen LogP contribution >= 0.6 is 0 Å². The first-order chi connectivity index (χ1) is 9.24. The van der Waals surface area contributed by atoms with Crippen LogP contribution in [-0.2, 0) is 6.42 Å². The van der Waals surface area contributed by atoms with Gasteiger partial charge in [-0.05, 0) is 42.9 Å². The lowest BCUT2D eigenvalue weighted by Gasteiger charge is -2.29. The molecule has 0 saturated heterocycles. The van der Waals surface area contributed by atoms with E-state index in [-0.39, 0.29) is 5.91 Å². The van der Waals surface area contributed by atoms with E-state index in [0.29, 0.717) is 12.0 Å². The molecule has 1 aromatic rings. The largest absolute Gasteiger partial charge is 0.384 e. The van der Waals surface area contributed by atoms with Gasteiger partial charge in [-0.25, -0.2) is 0 Å². The average molecular weight is 258 g/mol. The molecule has 0 spiro atoms. The van der Waals surface area contributed by atoms with Crippen molar-refractivity contribution in [1.82, 2.24) is 5.32 Å². The number of carbonyl (C=O) groups is 1. The van der Waals surface area contributed by atoms with Gasteiger partial charge in [0.1, 0.15) is 0 Å². The number of carbonyl (C=O) groups excluding carboxylic acids is 1. The summed E-state index contributed by atoms with van der Waals surface area (Å²) in [5.74, 6) is 0.681. The highest BCUT2D eigenvalue weighted by Crippen LogP contribution is 2.25. The molecule has 1 aliphatic carbocycles. The van der Waals surface area contributed by atoms with Crippen LogP contribution in [0, 0.1) is 5.92 Å². The van der Waals surface area contributed by atoms with Crippen LogP contribution in [0.2, 0.25) is 0 Å². The summed E-state index contributed by atoms with van der Waals surface area (Å²) < 4.78 is 0. The molecule has 0 bridgehead atoms. The van der Waals surface area contributed by atoms with Crippen molar-refractivity contribution in [3.63, 3.8) is 0 Å². The second-order valence-corrected chi connectivity index (χ2v) is 5.89. The molecule has 1 fully saturated rings. The van der Waals surface area contributed by atoms with Crippen LogP contribution in [0.1, 0.15) is 48.5 Å². The fraction of sp³-hybridized carbons (Fsp3) is 0.562. The Morgan fingerprint density at radius 2 is 2.16 bits per heavy atom. The quantitative estimate of drug-likeness (QED) is 0.856. The van der Waals surface area contributed by atoms with E-state index in [1.165, 1.54) is 24.8 Å². The standard InChI is InChI=1S/C16H22N2O/c1-11-4-2-3-5-14(11)18-16(19)13-7-6-12-8-9-17-15(12)10-13/h6-7,10-11,14,17H,2-5,8-9H2,1H3,(H,18,19). The van der Waals surface area contributed by atoms with Gasteiger partial charge in [-0.1, -0.05) is 25.8 Å². The van der Waals surface area contributed by atoms with Crippen LogP contribution in [0.15, 0.2) is 18.2 Å². The van der Waals surface area contributed by atoms with Crippen LogP contribution in [-0.4, -0.2) is 18.5 Å². The monoisotopic (exact) mass is 258 g/mol. The molecule has 1 aromatic carbocycles. The first-order valence-corrected chi connectivity index (χ1v) is 7.42. The molecule has 3 rings (SSSR count). The normalized spacial score (nSPS) is 25.5. The molecule has 1 heterocycles. The second kappa shape index (κ2) is 5.24. The highest BCUT2D eigenvalue weighted by molar-refractivity contribution is 5.95. The van der Waals surface area contributed by atoms with Crippen molar-refractivity contribution in [2.75, 3.05) is 11.9 Å². The maximum atomic E-state index is 12.3. The molecular formula is C16H22N2O. The fourth-order valence-corrected chi connectivity index (χ4v) is 3.21. The van der Waals surface area contributed by atoms with Gasteiger partial charge in [-0.2, -0.15) is 0 Å². The second-order valence-electron chi connectivity index (χ2n) is 5.89. The number of rotatable bonds is 2. The van der Waals surface area contributed by atoms with E-state index in [4.69, 9.17) is 0 Å². The summed E-state index contributed by atoms with van der Waals surface area (Å²) in [4.78, 5) is 12.3. The van der Waals surface area contributed by atoms with E-state index in [9.17, 15) is 4.79 Å². The zero-order valence-corrected chi connectivity index (χ0v) is 11.5. The molecule has 102 valence electrons. The Labute approximate surface area is 114 Å². The molecule has 3 nitrogen and oxygen atoms in total. The Hall–Kier alpha value is -1.51. The Morgan fingerprint density at radius 1 is 1.32 bits per heavy atom. The lowest BCUT2D eigenvalue weighted by molar-refractivity contribution is 0.0910. The van der Waals surface area contributed by atoms with Crippen molar-refractivity contribution in [3.05, 3.63) is 29.3 Å². The van der Waals surface area contributed by atoms with Crippen molar-refractivity contribution < 1.29 is 4.79 Å². The topological polar surface area (TPSA) is 41.1 Å². The van der Waals surface area contributed by atoms with Crippen LogP contribution in [0.5, 0.6) is 0 Å². The van der Waals surface area contributed by atoms with Gasteiger partial charge in [0.05, 0.1) is 0 Å². The zero-order valence-electron chi connectivity index (χ0n) is 11.5. The summed E-state index contributed by atoms with van der Waals surface area (Å²) in [5.41, 5.74) is 3.23. The van der Waals surface area contributed by atoms with Gasteiger partial charge in [-0.15, -0.1) is 0 Å². The fourth-order valence-electron chi connectivity index (χ4n) is 3.21. The van der Waals surface area contributed by atoms with Gasteiger partial charge < -0.3 is 10.6 Å². The number of amides is 1. The SMILES string of the molecule is CC1CCCCC1NC(=O)c1ccc2c(c1)NCC2.